The number of nitrogens with one attached hydrogen (secondary N) is 3. The number of nitrogens with two attached hydrogens (primary N) is 1. The monoisotopic (exact) mass is 1010 g/mol. The van der Waals surface area contributed by atoms with Gasteiger partial charge >= 0.3 is 12.2 Å². The number of terminal acetylenes is 2. The van der Waals surface area contributed by atoms with Crippen LogP contribution in [0.5, 0.6) is 0 Å². The van der Waals surface area contributed by atoms with Gasteiger partial charge in [0.1, 0.15) is 18.9 Å². The highest BCUT2D eigenvalue weighted by Gasteiger charge is 2.26. The zero-order valence-electron chi connectivity index (χ0n) is 44.2. The van der Waals surface area contributed by atoms with E-state index in [1.54, 1.807) is 29.3 Å². The van der Waals surface area contributed by atoms with Crippen molar-refractivity contribution in [3.8, 4) is 48.1 Å². The van der Waals surface area contributed by atoms with Crippen molar-refractivity contribution in [3.63, 3.8) is 0 Å². The van der Waals surface area contributed by atoms with Gasteiger partial charge in [0.15, 0.2) is 0 Å². The Bertz CT molecular complexity index is 2350. The normalized spacial score (nSPS) is 10.2. The van der Waals surface area contributed by atoms with Crippen LogP contribution in [0.2, 0.25) is 0 Å². The van der Waals surface area contributed by atoms with E-state index in [9.17, 15) is 27.6 Å². The molecule has 18 heteroatoms. The summed E-state index contributed by atoms with van der Waals surface area (Å²) in [4.78, 5) is 60.1. The maximum absolute atomic E-state index is 13.3. The second kappa shape index (κ2) is 38.4. The molecule has 72 heavy (non-hydrogen) atoms. The summed E-state index contributed by atoms with van der Waals surface area (Å²) >= 11 is 0. The number of ether oxygens (including phenoxy) is 2. The van der Waals surface area contributed by atoms with Crippen LogP contribution in [-0.2, 0) is 35.6 Å². The molecule has 4 amide bonds. The Labute approximate surface area is 430 Å². The third-order valence-corrected chi connectivity index (χ3v) is 10.8. The molecule has 0 aliphatic carbocycles. The summed E-state index contributed by atoms with van der Waals surface area (Å²) in [6.45, 7) is 20.2. The summed E-state index contributed by atoms with van der Waals surface area (Å²) in [6.07, 6.45) is 22.4. The number of H-pyrrole nitrogens is 1. The molecule has 394 valence electrons. The highest BCUT2D eigenvalue weighted by Crippen LogP contribution is 2.26. The first kappa shape index (κ1) is 66.7. The zero-order chi connectivity index (χ0) is 55.2. The van der Waals surface area contributed by atoms with Gasteiger partial charge in [0.05, 0.1) is 50.8 Å². The maximum atomic E-state index is 13.3. The Hall–Kier alpha value is -7.38. The average molecular weight is 1010 g/mol. The van der Waals surface area contributed by atoms with Gasteiger partial charge < -0.3 is 34.9 Å². The minimum Gasteiger partial charge on any atom is -0.453 e. The Morgan fingerprint density at radius 3 is 1.76 bits per heavy atom. The zero-order valence-corrected chi connectivity index (χ0v) is 45.1. The van der Waals surface area contributed by atoms with Gasteiger partial charge in [0, 0.05) is 25.0 Å². The number of sulfonamides is 1. The maximum Gasteiger partial charge on any atom is 0.424 e. The molecule has 0 unspecified atom stereocenters. The lowest BCUT2D eigenvalue weighted by Gasteiger charge is -2.29. The van der Waals surface area contributed by atoms with Crippen molar-refractivity contribution in [2.45, 2.75) is 92.5 Å². The van der Waals surface area contributed by atoms with E-state index in [4.69, 9.17) is 5.84 Å². The molecule has 4 rings (SSSR count). The fourth-order valence-corrected chi connectivity index (χ4v) is 7.01. The van der Waals surface area contributed by atoms with Crippen molar-refractivity contribution in [2.24, 2.45) is 5.84 Å². The highest BCUT2D eigenvalue weighted by molar-refractivity contribution is 7.89. The van der Waals surface area contributed by atoms with E-state index >= 15 is 0 Å². The summed E-state index contributed by atoms with van der Waals surface area (Å²) in [5.74, 6) is 5.34. The summed E-state index contributed by atoms with van der Waals surface area (Å²) in [7, 11) is -0.197. The molecule has 0 atom stereocenters. The second-order valence-corrected chi connectivity index (χ2v) is 17.4. The SMILES string of the molecule is C#C.C#C.C=C(CN(CN(C)S(=O)(=O)c1ccccc1)C(=O)CNC(=O)OC)N/C(=C\C)c1ccc(-c2ccc(-c3cnc(CN(CCC)C(=O)CN(N)C(=O)OC)[nH]3)cc2)cc1.CCC.CCC.CCC. The number of imidazole rings is 1. The van der Waals surface area contributed by atoms with E-state index in [1.807, 2.05) is 68.5 Å². The number of hydrogen-bond acceptors (Lipinski definition) is 11. The number of methoxy groups -OCH3 is 2. The number of amides is 4. The predicted molar refractivity (Wildman–Crippen MR) is 290 cm³/mol. The van der Waals surface area contributed by atoms with Crippen LogP contribution in [-0.4, -0.2) is 116 Å². The molecule has 0 aliphatic rings. The third kappa shape index (κ3) is 24.0. The minimum atomic E-state index is -3.93. The van der Waals surface area contributed by atoms with Crippen LogP contribution in [0.25, 0.3) is 28.1 Å². The van der Waals surface area contributed by atoms with Crippen molar-refractivity contribution in [2.75, 3.05) is 54.1 Å². The van der Waals surface area contributed by atoms with Gasteiger partial charge in [-0.2, -0.15) is 4.31 Å². The fraction of sp³-hybridized carbons (Fsp3) is 0.389. The summed E-state index contributed by atoms with van der Waals surface area (Å²) < 4.78 is 36.7. The van der Waals surface area contributed by atoms with E-state index in [0.29, 0.717) is 30.2 Å². The largest absolute Gasteiger partial charge is 0.453 e. The summed E-state index contributed by atoms with van der Waals surface area (Å²) in [6, 6.07) is 23.6. The first-order valence-electron chi connectivity index (χ1n) is 23.5. The number of nitrogens with zero attached hydrogens (tertiary/aromatic N) is 5. The number of aromatic amines is 1. The quantitative estimate of drug-likeness (QED) is 0.0229. The molecule has 0 spiro atoms. The molecule has 0 fully saturated rings. The molecule has 5 N–H and O–H groups in total. The van der Waals surface area contributed by atoms with E-state index in [2.05, 4.69) is 104 Å². The molecule has 4 aromatic rings. The molecule has 1 aromatic heterocycles. The number of carbonyl (C=O) groups is 4. The Kier molecular flexibility index (Phi) is 35.6. The molecule has 1 heterocycles. The van der Waals surface area contributed by atoms with Crippen LogP contribution in [0.15, 0.2) is 108 Å². The molecule has 17 nitrogen and oxygen atoms in total. The molecule has 0 aliphatic heterocycles. The lowest BCUT2D eigenvalue weighted by Crippen LogP contribution is -2.47. The fourth-order valence-electron chi connectivity index (χ4n) is 5.85. The molecule has 0 radical (unpaired) electrons. The van der Waals surface area contributed by atoms with Crippen molar-refractivity contribution in [3.05, 3.63) is 115 Å². The van der Waals surface area contributed by atoms with Gasteiger partial charge in [-0.1, -0.05) is 147 Å². The second-order valence-electron chi connectivity index (χ2n) is 15.4. The molecular formula is C54H79N9O8S. The molecular weight excluding hydrogens is 935 g/mol. The van der Waals surface area contributed by atoms with Crippen molar-refractivity contribution in [1.82, 2.24) is 39.7 Å². The van der Waals surface area contributed by atoms with Crippen LogP contribution in [0, 0.1) is 25.7 Å². The van der Waals surface area contributed by atoms with Crippen LogP contribution >= 0.6 is 0 Å². The van der Waals surface area contributed by atoms with Gasteiger partial charge in [-0.3, -0.25) is 9.59 Å². The van der Waals surface area contributed by atoms with Gasteiger partial charge in [0.2, 0.25) is 21.8 Å². The van der Waals surface area contributed by atoms with E-state index in [-0.39, 0.29) is 37.1 Å². The van der Waals surface area contributed by atoms with Gasteiger partial charge in [-0.05, 0) is 47.7 Å². The van der Waals surface area contributed by atoms with Crippen LogP contribution in [0.3, 0.4) is 0 Å². The first-order chi connectivity index (χ1) is 34.4. The van der Waals surface area contributed by atoms with E-state index < -0.39 is 34.7 Å². The smallest absolute Gasteiger partial charge is 0.424 e. The highest BCUT2D eigenvalue weighted by atomic mass is 32.2. The number of hydrogen-bond donors (Lipinski definition) is 4. The van der Waals surface area contributed by atoms with Gasteiger partial charge in [-0.25, -0.2) is 33.8 Å². The first-order valence-corrected chi connectivity index (χ1v) is 24.9. The molecule has 0 bridgehead atoms. The number of allylic oxidation sites excluding steroid dienone is 1. The van der Waals surface area contributed by atoms with Gasteiger partial charge in [0.25, 0.3) is 0 Å². The molecule has 0 saturated carbocycles. The Morgan fingerprint density at radius 2 is 1.28 bits per heavy atom. The summed E-state index contributed by atoms with van der Waals surface area (Å²) in [5.41, 5.74) is 5.56. The van der Waals surface area contributed by atoms with Crippen molar-refractivity contribution < 1.29 is 37.1 Å². The number of aromatic nitrogens is 2. The van der Waals surface area contributed by atoms with E-state index in [0.717, 1.165) is 37.3 Å². The number of rotatable bonds is 19. The lowest BCUT2D eigenvalue weighted by molar-refractivity contribution is -0.133. The molecule has 3 aromatic carbocycles. The van der Waals surface area contributed by atoms with Crippen LogP contribution < -0.4 is 16.5 Å². The number of benzene rings is 3. The van der Waals surface area contributed by atoms with Crippen molar-refractivity contribution in [1.29, 1.82) is 0 Å². The number of hydrazine groups is 1. The van der Waals surface area contributed by atoms with Gasteiger partial charge in [-0.15, -0.1) is 25.7 Å². The number of alkyl carbamates (subject to hydrolysis) is 1. The van der Waals surface area contributed by atoms with Crippen LogP contribution in [0.1, 0.15) is 92.5 Å². The van der Waals surface area contributed by atoms with E-state index in [1.165, 1.54) is 57.6 Å². The Morgan fingerprint density at radius 1 is 0.764 bits per heavy atom. The Balaban J connectivity index is 0. The minimum absolute atomic E-state index is 0.0727. The summed E-state index contributed by atoms with van der Waals surface area (Å²) in [5, 5.41) is 6.32. The van der Waals surface area contributed by atoms with Crippen LogP contribution in [0.4, 0.5) is 9.59 Å². The molecule has 0 saturated heterocycles. The predicted octanol–water partition coefficient (Wildman–Crippen LogP) is 9.10. The standard InChI is InChI=1S/C41H51N9O8S.3C3H8.2C2H2/c1-7-22-48(39(52)27-50(42)41(54)58-6)26-37-43-23-36(46-37)33-20-16-31(17-21-33)30-14-18-32(19-15-30)35(8-2)45-29(3)25-49(38(51)24-44-40(53)57-5)28-47(4)59(55,56)34-12-10-9-11-13-34;3*1-3-2;2*1-2/h8-21,23,45H,3,7,22,24-28,42H2,1-2,4-6H3,(H,43,46)(H,44,53);3*3H2,1-2H3;2*1-2H/b35-8-;;;;;. The number of carbonyl (C=O) groups excluding carboxylic acids is 4. The lowest BCUT2D eigenvalue weighted by atomic mass is 10.0. The average Bonchev–Trinajstić information content (AvgIpc) is 3.87. The van der Waals surface area contributed by atoms with Crippen molar-refractivity contribution >= 4 is 39.7 Å². The topological polar surface area (TPSA) is 213 Å². The third-order valence-electron chi connectivity index (χ3n) is 8.98.